The van der Waals surface area contributed by atoms with Crippen LogP contribution < -0.4 is 14.2 Å². The van der Waals surface area contributed by atoms with Crippen LogP contribution in [0.15, 0.2) is 47.1 Å². The van der Waals surface area contributed by atoms with Crippen molar-refractivity contribution in [2.75, 3.05) is 21.3 Å². The molecule has 0 aliphatic carbocycles. The average molecular weight is 402 g/mol. The van der Waals surface area contributed by atoms with Crippen molar-refractivity contribution in [3.63, 3.8) is 0 Å². The molecule has 0 aliphatic heterocycles. The topological polar surface area (TPSA) is 66.4 Å². The van der Waals surface area contributed by atoms with Crippen LogP contribution in [0.1, 0.15) is 0 Å². The highest BCUT2D eigenvalue weighted by atomic mass is 79.9. The number of rotatable bonds is 5. The van der Waals surface area contributed by atoms with E-state index < -0.39 is 0 Å². The summed E-state index contributed by atoms with van der Waals surface area (Å²) in [5, 5.41) is 8.51. The second kappa shape index (κ2) is 7.48. The minimum Gasteiger partial charge on any atom is -0.493 e. The Balaban J connectivity index is 2.00. The molecule has 0 bridgehead atoms. The molecule has 0 atom stereocenters. The average Bonchev–Trinajstić information content (AvgIpc) is 2.66. The van der Waals surface area contributed by atoms with Crippen LogP contribution in [0.2, 0.25) is 0 Å². The maximum absolute atomic E-state index is 5.37. The van der Waals surface area contributed by atoms with Crippen LogP contribution in [-0.4, -0.2) is 36.5 Å². The first kappa shape index (κ1) is 17.2. The van der Waals surface area contributed by atoms with Crippen LogP contribution >= 0.6 is 15.9 Å². The molecule has 0 amide bonds. The zero-order chi connectivity index (χ0) is 17.8. The quantitative estimate of drug-likeness (QED) is 0.643. The molecule has 25 heavy (non-hydrogen) atoms. The van der Waals surface area contributed by atoms with E-state index >= 15 is 0 Å². The smallest absolute Gasteiger partial charge is 0.203 e. The summed E-state index contributed by atoms with van der Waals surface area (Å²) in [6, 6.07) is 11.4. The second-order valence-corrected chi connectivity index (χ2v) is 6.01. The van der Waals surface area contributed by atoms with E-state index in [2.05, 4.69) is 31.1 Å². The maximum atomic E-state index is 5.37. The standard InChI is InChI=1S/C18H16BrN3O3/c1-23-15-8-12(9-16(24-2)17(15)25-3)14-10-20-18(22-21-14)11-5-4-6-13(19)7-11/h4-10H,1-3H3. The Morgan fingerprint density at radius 1 is 0.840 bits per heavy atom. The van der Waals surface area contributed by atoms with E-state index in [9.17, 15) is 0 Å². The fourth-order valence-electron chi connectivity index (χ4n) is 2.40. The van der Waals surface area contributed by atoms with E-state index in [4.69, 9.17) is 14.2 Å². The van der Waals surface area contributed by atoms with Gasteiger partial charge in [0.05, 0.1) is 27.5 Å². The van der Waals surface area contributed by atoms with E-state index in [1.807, 2.05) is 36.4 Å². The number of hydrogen-bond donors (Lipinski definition) is 0. The molecule has 0 aliphatic rings. The molecular formula is C18H16BrN3O3. The number of nitrogens with zero attached hydrogens (tertiary/aromatic N) is 3. The van der Waals surface area contributed by atoms with Gasteiger partial charge in [-0.15, -0.1) is 10.2 Å². The normalized spacial score (nSPS) is 10.4. The first-order chi connectivity index (χ1) is 12.2. The largest absolute Gasteiger partial charge is 0.493 e. The SMILES string of the molecule is COc1cc(-c2cnc(-c3cccc(Br)c3)nn2)cc(OC)c1OC. The summed E-state index contributed by atoms with van der Waals surface area (Å²) in [4.78, 5) is 4.41. The Morgan fingerprint density at radius 2 is 1.56 bits per heavy atom. The lowest BCUT2D eigenvalue weighted by Crippen LogP contribution is -1.98. The first-order valence-corrected chi connectivity index (χ1v) is 8.21. The van der Waals surface area contributed by atoms with Crippen LogP contribution in [0, 0.1) is 0 Å². The number of methoxy groups -OCH3 is 3. The molecule has 1 heterocycles. The molecule has 2 aromatic carbocycles. The van der Waals surface area contributed by atoms with Crippen molar-refractivity contribution in [2.45, 2.75) is 0 Å². The lowest BCUT2D eigenvalue weighted by atomic mass is 10.1. The zero-order valence-corrected chi connectivity index (χ0v) is 15.6. The maximum Gasteiger partial charge on any atom is 0.203 e. The third-order valence-corrected chi connectivity index (χ3v) is 4.10. The van der Waals surface area contributed by atoms with Gasteiger partial charge in [0.15, 0.2) is 17.3 Å². The Morgan fingerprint density at radius 3 is 2.08 bits per heavy atom. The van der Waals surface area contributed by atoms with E-state index in [0.717, 1.165) is 15.6 Å². The monoisotopic (exact) mass is 401 g/mol. The molecule has 1 aromatic heterocycles. The van der Waals surface area contributed by atoms with Crippen LogP contribution in [0.3, 0.4) is 0 Å². The summed E-state index contributed by atoms with van der Waals surface area (Å²) in [7, 11) is 4.71. The summed E-state index contributed by atoms with van der Waals surface area (Å²) >= 11 is 3.44. The van der Waals surface area contributed by atoms with Crippen molar-refractivity contribution >= 4 is 15.9 Å². The number of benzene rings is 2. The summed E-state index contributed by atoms with van der Waals surface area (Å²) in [5.41, 5.74) is 2.27. The molecule has 0 N–H and O–H groups in total. The summed E-state index contributed by atoms with van der Waals surface area (Å²) < 4.78 is 17.0. The molecule has 0 radical (unpaired) electrons. The van der Waals surface area contributed by atoms with Crippen molar-refractivity contribution in [1.82, 2.24) is 15.2 Å². The van der Waals surface area contributed by atoms with Gasteiger partial charge in [0.2, 0.25) is 5.75 Å². The van der Waals surface area contributed by atoms with Crippen LogP contribution in [0.5, 0.6) is 17.2 Å². The van der Waals surface area contributed by atoms with Crippen molar-refractivity contribution in [1.29, 1.82) is 0 Å². The first-order valence-electron chi connectivity index (χ1n) is 7.42. The molecule has 7 heteroatoms. The highest BCUT2D eigenvalue weighted by molar-refractivity contribution is 9.10. The van der Waals surface area contributed by atoms with Crippen LogP contribution in [0.4, 0.5) is 0 Å². The van der Waals surface area contributed by atoms with Gasteiger partial charge in [0, 0.05) is 15.6 Å². The molecule has 0 unspecified atom stereocenters. The Bertz CT molecular complexity index is 860. The van der Waals surface area contributed by atoms with Crippen molar-refractivity contribution in [2.24, 2.45) is 0 Å². The molecule has 6 nitrogen and oxygen atoms in total. The Hall–Kier alpha value is -2.67. The van der Waals surface area contributed by atoms with Gasteiger partial charge in [-0.1, -0.05) is 28.1 Å². The van der Waals surface area contributed by atoms with Gasteiger partial charge in [-0.2, -0.15) is 0 Å². The third kappa shape index (κ3) is 3.56. The van der Waals surface area contributed by atoms with Gasteiger partial charge < -0.3 is 14.2 Å². The highest BCUT2D eigenvalue weighted by Gasteiger charge is 2.15. The van der Waals surface area contributed by atoms with E-state index in [0.29, 0.717) is 28.8 Å². The van der Waals surface area contributed by atoms with Gasteiger partial charge in [-0.05, 0) is 24.3 Å². The van der Waals surface area contributed by atoms with Crippen LogP contribution in [0.25, 0.3) is 22.6 Å². The van der Waals surface area contributed by atoms with Crippen molar-refractivity contribution in [3.05, 3.63) is 47.1 Å². The van der Waals surface area contributed by atoms with E-state index in [1.54, 1.807) is 27.5 Å². The lowest BCUT2D eigenvalue weighted by molar-refractivity contribution is 0.324. The van der Waals surface area contributed by atoms with Crippen molar-refractivity contribution < 1.29 is 14.2 Å². The summed E-state index contributed by atoms with van der Waals surface area (Å²) in [6.07, 6.45) is 1.67. The predicted molar refractivity (Wildman–Crippen MR) is 98.1 cm³/mol. The minimum atomic E-state index is 0.528. The summed E-state index contributed by atoms with van der Waals surface area (Å²) in [6.45, 7) is 0. The highest BCUT2D eigenvalue weighted by Crippen LogP contribution is 2.40. The number of ether oxygens (including phenoxy) is 3. The summed E-state index contributed by atoms with van der Waals surface area (Å²) in [5.74, 6) is 2.18. The molecular weight excluding hydrogens is 386 g/mol. The zero-order valence-electron chi connectivity index (χ0n) is 14.0. The van der Waals surface area contributed by atoms with Gasteiger partial charge in [0.1, 0.15) is 5.69 Å². The second-order valence-electron chi connectivity index (χ2n) is 5.09. The molecule has 0 fully saturated rings. The molecule has 3 aromatic rings. The van der Waals surface area contributed by atoms with Gasteiger partial charge in [-0.25, -0.2) is 4.98 Å². The third-order valence-electron chi connectivity index (χ3n) is 3.60. The molecule has 0 saturated heterocycles. The van der Waals surface area contributed by atoms with E-state index in [1.165, 1.54) is 0 Å². The molecule has 0 saturated carbocycles. The molecule has 3 rings (SSSR count). The Labute approximate surface area is 153 Å². The van der Waals surface area contributed by atoms with Gasteiger partial charge in [0.25, 0.3) is 0 Å². The van der Waals surface area contributed by atoms with Gasteiger partial charge in [-0.3, -0.25) is 0 Å². The fourth-order valence-corrected chi connectivity index (χ4v) is 2.80. The van der Waals surface area contributed by atoms with E-state index in [-0.39, 0.29) is 0 Å². The van der Waals surface area contributed by atoms with Gasteiger partial charge >= 0.3 is 0 Å². The number of aromatic nitrogens is 3. The fraction of sp³-hybridized carbons (Fsp3) is 0.167. The molecule has 0 spiro atoms. The predicted octanol–water partition coefficient (Wildman–Crippen LogP) is 3.99. The molecule has 128 valence electrons. The van der Waals surface area contributed by atoms with Crippen LogP contribution in [-0.2, 0) is 0 Å². The number of halogens is 1. The Kier molecular flexibility index (Phi) is 5.14. The number of hydrogen-bond acceptors (Lipinski definition) is 6. The van der Waals surface area contributed by atoms with Crippen molar-refractivity contribution in [3.8, 4) is 39.9 Å². The minimum absolute atomic E-state index is 0.528. The lowest BCUT2D eigenvalue weighted by Gasteiger charge is -2.13.